The molecule has 1 aromatic rings. The van der Waals surface area contributed by atoms with Crippen molar-refractivity contribution in [2.45, 2.75) is 27.2 Å². The lowest BCUT2D eigenvalue weighted by Crippen LogP contribution is -2.09. The zero-order valence-corrected chi connectivity index (χ0v) is 8.33. The molecule has 0 aliphatic heterocycles. The van der Waals surface area contributed by atoms with Crippen LogP contribution in [0, 0.1) is 16.7 Å². The minimum absolute atomic E-state index is 0.246. The van der Waals surface area contributed by atoms with Crippen LogP contribution in [0.15, 0.2) is 18.5 Å². The maximum atomic E-state index is 8.67. The Bertz CT molecular complexity index is 329. The van der Waals surface area contributed by atoms with Crippen LogP contribution in [0.4, 0.5) is 0 Å². The van der Waals surface area contributed by atoms with Gasteiger partial charge in [0.15, 0.2) is 0 Å². The van der Waals surface area contributed by atoms with E-state index in [1.54, 1.807) is 6.20 Å². The molecule has 0 amide bonds. The highest BCUT2D eigenvalue weighted by Crippen LogP contribution is 2.20. The summed E-state index contributed by atoms with van der Waals surface area (Å²) < 4.78 is 0. The number of pyridine rings is 1. The van der Waals surface area contributed by atoms with E-state index in [1.165, 1.54) is 0 Å². The van der Waals surface area contributed by atoms with E-state index in [2.05, 4.69) is 31.8 Å². The van der Waals surface area contributed by atoms with Crippen molar-refractivity contribution in [3.8, 4) is 6.07 Å². The van der Waals surface area contributed by atoms with Crippen molar-refractivity contribution in [3.05, 3.63) is 29.6 Å². The molecule has 0 atom stereocenters. The van der Waals surface area contributed by atoms with Crippen molar-refractivity contribution < 1.29 is 0 Å². The van der Waals surface area contributed by atoms with Crippen molar-refractivity contribution in [2.75, 3.05) is 0 Å². The molecule has 0 aromatic carbocycles. The smallest absolute Gasteiger partial charge is 0.101 e. The van der Waals surface area contributed by atoms with E-state index in [9.17, 15) is 0 Å². The predicted octanol–water partition coefficient (Wildman–Crippen LogP) is 2.54. The Balaban J connectivity index is 2.86. The van der Waals surface area contributed by atoms with Gasteiger partial charge in [0.2, 0.25) is 0 Å². The summed E-state index contributed by atoms with van der Waals surface area (Å²) >= 11 is 0. The second kappa shape index (κ2) is 3.57. The molecule has 1 aromatic heterocycles. The molecule has 0 saturated carbocycles. The number of nitrogens with zero attached hydrogens (tertiary/aromatic N) is 2. The topological polar surface area (TPSA) is 36.7 Å². The summed E-state index contributed by atoms with van der Waals surface area (Å²) in [4.78, 5) is 4.02. The van der Waals surface area contributed by atoms with Crippen LogP contribution in [-0.4, -0.2) is 4.98 Å². The third-order valence-corrected chi connectivity index (χ3v) is 1.66. The highest BCUT2D eigenvalue weighted by molar-refractivity contribution is 5.29. The molecule has 0 unspecified atom stereocenters. The molecule has 1 rings (SSSR count). The van der Waals surface area contributed by atoms with Gasteiger partial charge in [0.1, 0.15) is 6.07 Å². The molecule has 13 heavy (non-hydrogen) atoms. The van der Waals surface area contributed by atoms with Gasteiger partial charge in [-0.15, -0.1) is 0 Å². The van der Waals surface area contributed by atoms with Crippen LogP contribution in [0.1, 0.15) is 31.9 Å². The molecular weight excluding hydrogens is 160 g/mol. The molecule has 68 valence electrons. The summed E-state index contributed by atoms with van der Waals surface area (Å²) in [6.07, 6.45) is 4.37. The van der Waals surface area contributed by atoms with Gasteiger partial charge >= 0.3 is 0 Å². The quantitative estimate of drug-likeness (QED) is 0.656. The van der Waals surface area contributed by atoms with Crippen molar-refractivity contribution in [1.29, 1.82) is 5.26 Å². The second-order valence-electron chi connectivity index (χ2n) is 4.43. The number of nitriles is 1. The molecule has 1 heterocycles. The fourth-order valence-corrected chi connectivity index (χ4v) is 1.26. The van der Waals surface area contributed by atoms with Gasteiger partial charge in [0.05, 0.1) is 5.56 Å². The van der Waals surface area contributed by atoms with E-state index in [4.69, 9.17) is 5.26 Å². The summed E-state index contributed by atoms with van der Waals surface area (Å²) in [6, 6.07) is 3.99. The van der Waals surface area contributed by atoms with E-state index in [-0.39, 0.29) is 5.41 Å². The predicted molar refractivity (Wildman–Crippen MR) is 52.1 cm³/mol. The standard InChI is InChI=1S/C11H14N2/c1-11(2,3)5-9-4-10(6-12)8-13-7-9/h4,7-8H,5H2,1-3H3. The van der Waals surface area contributed by atoms with E-state index in [0.29, 0.717) is 5.56 Å². The van der Waals surface area contributed by atoms with Crippen molar-refractivity contribution in [2.24, 2.45) is 5.41 Å². The monoisotopic (exact) mass is 174 g/mol. The summed E-state index contributed by atoms with van der Waals surface area (Å²) in [7, 11) is 0. The third kappa shape index (κ3) is 3.25. The molecule has 0 bridgehead atoms. The molecule has 0 spiro atoms. The first-order valence-corrected chi connectivity index (χ1v) is 4.35. The van der Waals surface area contributed by atoms with Crippen LogP contribution in [0.25, 0.3) is 0 Å². The van der Waals surface area contributed by atoms with Crippen LogP contribution >= 0.6 is 0 Å². The van der Waals surface area contributed by atoms with Gasteiger partial charge in [-0.25, -0.2) is 0 Å². The van der Waals surface area contributed by atoms with E-state index in [1.807, 2.05) is 12.3 Å². The Labute approximate surface area is 79.2 Å². The summed E-state index contributed by atoms with van der Waals surface area (Å²) in [5, 5.41) is 8.67. The number of rotatable bonds is 1. The van der Waals surface area contributed by atoms with Gasteiger partial charge in [-0.3, -0.25) is 4.98 Å². The number of hydrogen-bond acceptors (Lipinski definition) is 2. The Morgan fingerprint density at radius 1 is 1.38 bits per heavy atom. The lowest BCUT2D eigenvalue weighted by molar-refractivity contribution is 0.410. The Morgan fingerprint density at radius 3 is 2.62 bits per heavy atom. The summed E-state index contributed by atoms with van der Waals surface area (Å²) in [5.74, 6) is 0. The van der Waals surface area contributed by atoms with Gasteiger partial charge in [0.25, 0.3) is 0 Å². The molecule has 0 saturated heterocycles. The first-order valence-electron chi connectivity index (χ1n) is 4.35. The van der Waals surface area contributed by atoms with Crippen LogP contribution in [0.2, 0.25) is 0 Å². The molecule has 0 radical (unpaired) electrons. The van der Waals surface area contributed by atoms with Gasteiger partial charge in [-0.05, 0) is 23.5 Å². The highest BCUT2D eigenvalue weighted by Gasteiger charge is 2.11. The zero-order chi connectivity index (χ0) is 9.90. The summed E-state index contributed by atoms with van der Waals surface area (Å²) in [5.41, 5.74) is 2.02. The second-order valence-corrected chi connectivity index (χ2v) is 4.43. The van der Waals surface area contributed by atoms with E-state index in [0.717, 1.165) is 12.0 Å². The maximum absolute atomic E-state index is 8.67. The highest BCUT2D eigenvalue weighted by atomic mass is 14.6. The fourth-order valence-electron chi connectivity index (χ4n) is 1.26. The zero-order valence-electron chi connectivity index (χ0n) is 8.33. The summed E-state index contributed by atoms with van der Waals surface area (Å²) in [6.45, 7) is 6.52. The van der Waals surface area contributed by atoms with Crippen LogP contribution in [0.3, 0.4) is 0 Å². The minimum atomic E-state index is 0.246. The van der Waals surface area contributed by atoms with E-state index >= 15 is 0 Å². The molecule has 2 nitrogen and oxygen atoms in total. The van der Waals surface area contributed by atoms with Gasteiger partial charge in [-0.2, -0.15) is 5.26 Å². The van der Waals surface area contributed by atoms with Gasteiger partial charge in [0, 0.05) is 12.4 Å². The largest absolute Gasteiger partial charge is 0.263 e. The Morgan fingerprint density at radius 2 is 2.08 bits per heavy atom. The fraction of sp³-hybridized carbons (Fsp3) is 0.455. The van der Waals surface area contributed by atoms with Gasteiger partial charge in [-0.1, -0.05) is 20.8 Å². The van der Waals surface area contributed by atoms with E-state index < -0.39 is 0 Å². The van der Waals surface area contributed by atoms with Crippen LogP contribution < -0.4 is 0 Å². The lowest BCUT2D eigenvalue weighted by Gasteiger charge is -2.17. The third-order valence-electron chi connectivity index (χ3n) is 1.66. The van der Waals surface area contributed by atoms with Crippen LogP contribution in [0.5, 0.6) is 0 Å². The normalized spacial score (nSPS) is 10.9. The number of hydrogen-bond donors (Lipinski definition) is 0. The molecule has 0 N–H and O–H groups in total. The maximum Gasteiger partial charge on any atom is 0.101 e. The average Bonchev–Trinajstić information content (AvgIpc) is 2.01. The lowest BCUT2D eigenvalue weighted by atomic mass is 9.88. The van der Waals surface area contributed by atoms with Crippen molar-refractivity contribution in [3.63, 3.8) is 0 Å². The molecular formula is C11H14N2. The van der Waals surface area contributed by atoms with Gasteiger partial charge < -0.3 is 0 Å². The average molecular weight is 174 g/mol. The minimum Gasteiger partial charge on any atom is -0.263 e. The molecule has 0 aliphatic rings. The van der Waals surface area contributed by atoms with Crippen LogP contribution in [-0.2, 0) is 6.42 Å². The van der Waals surface area contributed by atoms with Crippen molar-refractivity contribution >= 4 is 0 Å². The Kier molecular flexibility index (Phi) is 2.67. The van der Waals surface area contributed by atoms with Crippen molar-refractivity contribution in [1.82, 2.24) is 4.98 Å². The Hall–Kier alpha value is -1.36. The first kappa shape index (κ1) is 9.73. The first-order chi connectivity index (χ1) is 6.01. The molecule has 0 aliphatic carbocycles. The molecule has 0 fully saturated rings. The SMILES string of the molecule is CC(C)(C)Cc1cncc(C#N)c1. The number of aromatic nitrogens is 1. The molecule has 2 heteroatoms.